The van der Waals surface area contributed by atoms with Crippen molar-refractivity contribution in [2.24, 2.45) is 0 Å². The smallest absolute Gasteiger partial charge is 0.252 e. The molecule has 2 heterocycles. The molecule has 0 atom stereocenters. The lowest BCUT2D eigenvalue weighted by molar-refractivity contribution is 0.248. The van der Waals surface area contributed by atoms with E-state index in [9.17, 15) is 4.79 Å². The highest BCUT2D eigenvalue weighted by Gasteiger charge is 2.16. The summed E-state index contributed by atoms with van der Waals surface area (Å²) >= 11 is 0. The quantitative estimate of drug-likeness (QED) is 0.288. The number of nitrogens with one attached hydrogen (secondary N) is 1. The third-order valence-corrected chi connectivity index (χ3v) is 6.53. The number of tetrazole rings is 1. The van der Waals surface area contributed by atoms with Crippen molar-refractivity contribution < 1.29 is 9.47 Å². The molecule has 2 aromatic heterocycles. The van der Waals surface area contributed by atoms with Crippen LogP contribution in [0.3, 0.4) is 0 Å². The summed E-state index contributed by atoms with van der Waals surface area (Å²) in [5, 5.41) is 13.3. The Kier molecular flexibility index (Phi) is 7.75. The maximum atomic E-state index is 13.1. The number of rotatable bonds is 11. The van der Waals surface area contributed by atoms with Crippen molar-refractivity contribution in [2.45, 2.75) is 26.1 Å². The maximum Gasteiger partial charge on any atom is 0.252 e. The monoisotopic (exact) mass is 510 g/mol. The van der Waals surface area contributed by atoms with Gasteiger partial charge in [-0.15, -0.1) is 5.10 Å². The first-order valence-corrected chi connectivity index (χ1v) is 12.5. The van der Waals surface area contributed by atoms with Gasteiger partial charge in [0.2, 0.25) is 0 Å². The number of fused-ring (bicyclic) bond motifs is 1. The van der Waals surface area contributed by atoms with E-state index in [1.54, 1.807) is 20.3 Å². The van der Waals surface area contributed by atoms with Gasteiger partial charge in [0.25, 0.3) is 5.56 Å². The second-order valence-corrected chi connectivity index (χ2v) is 9.10. The number of benzene rings is 3. The minimum Gasteiger partial charge on any atom is -0.493 e. The Hall–Kier alpha value is -4.50. The van der Waals surface area contributed by atoms with Crippen LogP contribution in [0, 0.1) is 0 Å². The lowest BCUT2D eigenvalue weighted by atomic mass is 10.1. The van der Waals surface area contributed by atoms with E-state index >= 15 is 0 Å². The minimum absolute atomic E-state index is 0.140. The van der Waals surface area contributed by atoms with Gasteiger partial charge in [-0.05, 0) is 40.1 Å². The van der Waals surface area contributed by atoms with Crippen LogP contribution in [0.2, 0.25) is 0 Å². The van der Waals surface area contributed by atoms with E-state index in [-0.39, 0.29) is 5.56 Å². The van der Waals surface area contributed by atoms with E-state index in [0.717, 1.165) is 29.7 Å². The topological polar surface area (TPSA) is 98.2 Å². The van der Waals surface area contributed by atoms with Crippen molar-refractivity contribution in [3.63, 3.8) is 0 Å². The van der Waals surface area contributed by atoms with Crippen LogP contribution < -0.4 is 15.0 Å². The van der Waals surface area contributed by atoms with Crippen LogP contribution in [-0.2, 0) is 26.1 Å². The van der Waals surface area contributed by atoms with Gasteiger partial charge >= 0.3 is 0 Å². The van der Waals surface area contributed by atoms with Gasteiger partial charge in [0, 0.05) is 30.1 Å². The molecule has 0 fully saturated rings. The lowest BCUT2D eigenvalue weighted by Gasteiger charge is -2.22. The van der Waals surface area contributed by atoms with Crippen molar-refractivity contribution >= 4 is 10.9 Å². The van der Waals surface area contributed by atoms with E-state index in [4.69, 9.17) is 9.47 Å². The first-order chi connectivity index (χ1) is 18.6. The summed E-state index contributed by atoms with van der Waals surface area (Å²) in [5.74, 6) is 1.92. The van der Waals surface area contributed by atoms with Crippen molar-refractivity contribution in [2.75, 3.05) is 20.8 Å². The molecule has 0 saturated carbocycles. The van der Waals surface area contributed by atoms with Crippen LogP contribution in [0.25, 0.3) is 10.9 Å². The molecular weight excluding hydrogens is 480 g/mol. The number of hydrogen-bond acceptors (Lipinski definition) is 7. The van der Waals surface area contributed by atoms with Gasteiger partial charge in [0.05, 0.1) is 32.8 Å². The summed E-state index contributed by atoms with van der Waals surface area (Å²) in [6.45, 7) is 2.24. The number of hydrogen-bond donors (Lipinski definition) is 1. The van der Waals surface area contributed by atoms with Gasteiger partial charge < -0.3 is 14.5 Å². The molecule has 38 heavy (non-hydrogen) atoms. The molecule has 0 radical (unpaired) electrons. The van der Waals surface area contributed by atoms with Gasteiger partial charge in [0.15, 0.2) is 17.3 Å². The third kappa shape index (κ3) is 5.90. The van der Waals surface area contributed by atoms with Crippen molar-refractivity contribution in [1.29, 1.82) is 0 Å². The zero-order chi connectivity index (χ0) is 26.3. The van der Waals surface area contributed by atoms with Crippen molar-refractivity contribution in [1.82, 2.24) is 30.1 Å². The Bertz CT molecular complexity index is 1550. The Morgan fingerprint density at radius 2 is 1.55 bits per heavy atom. The summed E-state index contributed by atoms with van der Waals surface area (Å²) in [4.78, 5) is 18.3. The molecule has 9 nitrogen and oxygen atoms in total. The summed E-state index contributed by atoms with van der Waals surface area (Å²) in [6, 6.07) is 26.0. The molecule has 0 unspecified atom stereocenters. The van der Waals surface area contributed by atoms with Gasteiger partial charge in [-0.25, -0.2) is 4.68 Å². The Morgan fingerprint density at radius 3 is 2.26 bits per heavy atom. The van der Waals surface area contributed by atoms with Gasteiger partial charge in [-0.2, -0.15) is 0 Å². The fourth-order valence-electron chi connectivity index (χ4n) is 4.50. The largest absolute Gasteiger partial charge is 0.493 e. The number of ether oxygens (including phenoxy) is 2. The van der Waals surface area contributed by atoms with Crippen LogP contribution in [-0.4, -0.2) is 50.9 Å². The summed E-state index contributed by atoms with van der Waals surface area (Å²) in [6.07, 6.45) is 0.831. The molecule has 0 bridgehead atoms. The second-order valence-electron chi connectivity index (χ2n) is 9.10. The molecule has 5 aromatic rings. The molecule has 3 aromatic carbocycles. The predicted molar refractivity (Wildman–Crippen MR) is 145 cm³/mol. The zero-order valence-electron chi connectivity index (χ0n) is 21.5. The number of aromatic nitrogens is 5. The van der Waals surface area contributed by atoms with E-state index in [2.05, 4.69) is 49.7 Å². The van der Waals surface area contributed by atoms with E-state index in [1.807, 2.05) is 53.2 Å². The second kappa shape index (κ2) is 11.7. The van der Waals surface area contributed by atoms with Crippen LogP contribution >= 0.6 is 0 Å². The standard InChI is InChI=1S/C29H30N6O3/c1-37-26-16-23-15-24(29(36)30-25(23)17-27(26)38-2)19-34(14-13-21-9-5-3-6-10-21)20-28-31-32-33-35(28)18-22-11-7-4-8-12-22/h3-12,15-17H,13-14,18-20H2,1-2H3,(H,30,36). The Balaban J connectivity index is 1.43. The van der Waals surface area contributed by atoms with Gasteiger partial charge in [-0.1, -0.05) is 60.7 Å². The molecule has 9 heteroatoms. The highest BCUT2D eigenvalue weighted by molar-refractivity contribution is 5.83. The van der Waals surface area contributed by atoms with E-state index in [1.165, 1.54) is 5.56 Å². The van der Waals surface area contributed by atoms with Crippen LogP contribution in [0.1, 0.15) is 22.5 Å². The average molecular weight is 511 g/mol. The fraction of sp³-hybridized carbons (Fsp3) is 0.241. The van der Waals surface area contributed by atoms with Crippen molar-refractivity contribution in [3.8, 4) is 11.5 Å². The molecule has 0 spiro atoms. The highest BCUT2D eigenvalue weighted by atomic mass is 16.5. The Morgan fingerprint density at radius 1 is 0.868 bits per heavy atom. The molecule has 194 valence electrons. The molecular formula is C29H30N6O3. The first-order valence-electron chi connectivity index (χ1n) is 12.5. The first kappa shape index (κ1) is 25.2. The zero-order valence-corrected chi connectivity index (χ0v) is 21.5. The van der Waals surface area contributed by atoms with E-state index in [0.29, 0.717) is 42.2 Å². The van der Waals surface area contributed by atoms with Crippen LogP contribution in [0.4, 0.5) is 0 Å². The predicted octanol–water partition coefficient (Wildman–Crippen LogP) is 3.83. The normalized spacial score (nSPS) is 11.2. The molecule has 1 N–H and O–H groups in total. The number of methoxy groups -OCH3 is 2. The molecule has 5 rings (SSSR count). The van der Waals surface area contributed by atoms with Crippen LogP contribution in [0.5, 0.6) is 11.5 Å². The summed E-state index contributed by atoms with van der Waals surface area (Å²) in [7, 11) is 3.17. The van der Waals surface area contributed by atoms with Gasteiger partial charge in [0.1, 0.15) is 0 Å². The molecule has 0 aliphatic heterocycles. The molecule has 0 aliphatic carbocycles. The number of nitrogens with zero attached hydrogens (tertiary/aromatic N) is 5. The van der Waals surface area contributed by atoms with E-state index < -0.39 is 0 Å². The van der Waals surface area contributed by atoms with Crippen LogP contribution in [0.15, 0.2) is 83.7 Å². The highest BCUT2D eigenvalue weighted by Crippen LogP contribution is 2.31. The lowest BCUT2D eigenvalue weighted by Crippen LogP contribution is -2.30. The summed E-state index contributed by atoms with van der Waals surface area (Å²) in [5.41, 5.74) is 3.55. The fourth-order valence-corrected chi connectivity index (χ4v) is 4.50. The Labute approximate surface area is 220 Å². The molecule has 0 saturated heterocycles. The summed E-state index contributed by atoms with van der Waals surface area (Å²) < 4.78 is 12.7. The van der Waals surface area contributed by atoms with Crippen molar-refractivity contribution in [3.05, 3.63) is 112 Å². The number of aromatic amines is 1. The maximum absolute atomic E-state index is 13.1. The van der Waals surface area contributed by atoms with Gasteiger partial charge in [-0.3, -0.25) is 9.69 Å². The minimum atomic E-state index is -0.140. The molecule has 0 amide bonds. The average Bonchev–Trinajstić information content (AvgIpc) is 3.38. The SMILES string of the molecule is COc1cc2cc(CN(CCc3ccccc3)Cc3nnnn3Cc3ccccc3)c(=O)[nH]c2cc1OC. The number of H-pyrrole nitrogens is 1. The third-order valence-electron chi connectivity index (χ3n) is 6.53. The molecule has 0 aliphatic rings. The number of pyridine rings is 1.